The van der Waals surface area contributed by atoms with Crippen molar-refractivity contribution in [3.63, 3.8) is 0 Å². The molecule has 2 aromatic heterocycles. The van der Waals surface area contributed by atoms with Gasteiger partial charge < -0.3 is 15.2 Å². The first-order chi connectivity index (χ1) is 9.79. The van der Waals surface area contributed by atoms with E-state index >= 15 is 0 Å². The third kappa shape index (κ3) is 2.41. The van der Waals surface area contributed by atoms with Crippen LogP contribution in [-0.4, -0.2) is 39.6 Å². The van der Waals surface area contributed by atoms with E-state index in [1.807, 2.05) is 12.3 Å². The zero-order valence-electron chi connectivity index (χ0n) is 11.5. The standard InChI is InChI=1S/C15H18N4S/c1-2-16-15(20)19-8-5-11(6-9-19)12-10-18-13-4-3-7-17-14(12)13/h3-5,7,10,18H,2,6,8-9H2,1H3,(H,16,20). The topological polar surface area (TPSA) is 44.0 Å². The molecule has 0 amide bonds. The van der Waals surface area contributed by atoms with Gasteiger partial charge in [0, 0.05) is 37.6 Å². The van der Waals surface area contributed by atoms with Crippen molar-refractivity contribution in [1.29, 1.82) is 0 Å². The maximum atomic E-state index is 5.36. The summed E-state index contributed by atoms with van der Waals surface area (Å²) >= 11 is 5.36. The Morgan fingerprint density at radius 2 is 2.45 bits per heavy atom. The molecule has 0 aromatic carbocycles. The van der Waals surface area contributed by atoms with Crippen LogP contribution in [0.5, 0.6) is 0 Å². The quantitative estimate of drug-likeness (QED) is 0.833. The number of H-pyrrole nitrogens is 1. The Hall–Kier alpha value is -1.88. The Balaban J connectivity index is 1.81. The summed E-state index contributed by atoms with van der Waals surface area (Å²) in [5.74, 6) is 0. The van der Waals surface area contributed by atoms with Gasteiger partial charge in [0.2, 0.25) is 0 Å². The average Bonchev–Trinajstić information content (AvgIpc) is 2.92. The number of aromatic amines is 1. The summed E-state index contributed by atoms with van der Waals surface area (Å²) in [7, 11) is 0. The van der Waals surface area contributed by atoms with Crippen molar-refractivity contribution in [3.05, 3.63) is 36.2 Å². The number of aromatic nitrogens is 2. The molecule has 0 fully saturated rings. The van der Waals surface area contributed by atoms with E-state index < -0.39 is 0 Å². The van der Waals surface area contributed by atoms with Gasteiger partial charge in [0.05, 0.1) is 11.0 Å². The molecule has 0 spiro atoms. The summed E-state index contributed by atoms with van der Waals surface area (Å²) in [6.45, 7) is 4.76. The molecule has 0 saturated heterocycles. The van der Waals surface area contributed by atoms with Crippen LogP contribution in [0.25, 0.3) is 16.6 Å². The lowest BCUT2D eigenvalue weighted by Gasteiger charge is -2.28. The molecule has 4 nitrogen and oxygen atoms in total. The van der Waals surface area contributed by atoms with Crippen LogP contribution in [0, 0.1) is 0 Å². The van der Waals surface area contributed by atoms with Crippen molar-refractivity contribution in [3.8, 4) is 0 Å². The van der Waals surface area contributed by atoms with Crippen LogP contribution < -0.4 is 5.32 Å². The SMILES string of the molecule is CCNC(=S)N1CC=C(c2c[nH]c3cccnc23)CC1. The molecule has 1 aliphatic heterocycles. The second-order valence-corrected chi connectivity index (χ2v) is 5.25. The Bertz CT molecular complexity index is 659. The van der Waals surface area contributed by atoms with Crippen molar-refractivity contribution in [2.45, 2.75) is 13.3 Å². The first-order valence-electron chi connectivity index (χ1n) is 6.94. The molecule has 1 aliphatic rings. The van der Waals surface area contributed by atoms with Gasteiger partial charge in [0.25, 0.3) is 0 Å². The van der Waals surface area contributed by atoms with E-state index in [2.05, 4.69) is 45.4 Å². The minimum absolute atomic E-state index is 0.847. The minimum atomic E-state index is 0.847. The number of pyridine rings is 1. The highest BCUT2D eigenvalue weighted by Crippen LogP contribution is 2.27. The van der Waals surface area contributed by atoms with Crippen LogP contribution in [0.15, 0.2) is 30.6 Å². The normalized spacial score (nSPS) is 15.2. The lowest BCUT2D eigenvalue weighted by Crippen LogP contribution is -2.41. The Morgan fingerprint density at radius 1 is 1.55 bits per heavy atom. The van der Waals surface area contributed by atoms with Gasteiger partial charge in [0.15, 0.2) is 5.11 Å². The fraction of sp³-hybridized carbons (Fsp3) is 0.333. The summed E-state index contributed by atoms with van der Waals surface area (Å²) in [6, 6.07) is 4.01. The van der Waals surface area contributed by atoms with Gasteiger partial charge in [-0.05, 0) is 43.3 Å². The zero-order chi connectivity index (χ0) is 13.9. The van der Waals surface area contributed by atoms with Crippen molar-refractivity contribution in [1.82, 2.24) is 20.2 Å². The van der Waals surface area contributed by atoms with Gasteiger partial charge in [-0.15, -0.1) is 0 Å². The summed E-state index contributed by atoms with van der Waals surface area (Å²) < 4.78 is 0. The van der Waals surface area contributed by atoms with E-state index in [9.17, 15) is 0 Å². The van der Waals surface area contributed by atoms with Crippen molar-refractivity contribution in [2.24, 2.45) is 0 Å². The largest absolute Gasteiger partial charge is 0.363 e. The van der Waals surface area contributed by atoms with Crippen molar-refractivity contribution >= 4 is 33.9 Å². The number of rotatable bonds is 2. The van der Waals surface area contributed by atoms with E-state index in [4.69, 9.17) is 12.2 Å². The molecule has 3 heterocycles. The van der Waals surface area contributed by atoms with Gasteiger partial charge in [0.1, 0.15) is 0 Å². The highest BCUT2D eigenvalue weighted by Gasteiger charge is 2.17. The van der Waals surface area contributed by atoms with Crippen LogP contribution in [0.1, 0.15) is 18.9 Å². The second kappa shape index (κ2) is 5.63. The highest BCUT2D eigenvalue weighted by atomic mass is 32.1. The van der Waals surface area contributed by atoms with Gasteiger partial charge in [-0.1, -0.05) is 6.08 Å². The number of nitrogens with zero attached hydrogens (tertiary/aromatic N) is 2. The second-order valence-electron chi connectivity index (χ2n) is 4.86. The predicted octanol–water partition coefficient (Wildman–Crippen LogP) is 2.55. The Morgan fingerprint density at radius 3 is 3.20 bits per heavy atom. The maximum absolute atomic E-state index is 5.36. The zero-order valence-corrected chi connectivity index (χ0v) is 12.3. The Labute approximate surface area is 123 Å². The highest BCUT2D eigenvalue weighted by molar-refractivity contribution is 7.80. The predicted molar refractivity (Wildman–Crippen MR) is 86.5 cm³/mol. The minimum Gasteiger partial charge on any atom is -0.363 e. The smallest absolute Gasteiger partial charge is 0.169 e. The monoisotopic (exact) mass is 286 g/mol. The maximum Gasteiger partial charge on any atom is 0.169 e. The summed E-state index contributed by atoms with van der Waals surface area (Å²) in [6.07, 6.45) is 7.15. The van der Waals surface area contributed by atoms with Gasteiger partial charge >= 0.3 is 0 Å². The molecule has 3 rings (SSSR count). The van der Waals surface area contributed by atoms with E-state index in [-0.39, 0.29) is 0 Å². The van der Waals surface area contributed by atoms with E-state index in [0.29, 0.717) is 0 Å². The summed E-state index contributed by atoms with van der Waals surface area (Å²) in [5, 5.41) is 4.05. The number of hydrogen-bond donors (Lipinski definition) is 2. The molecule has 0 bridgehead atoms. The molecule has 20 heavy (non-hydrogen) atoms. The fourth-order valence-corrected chi connectivity index (χ4v) is 2.87. The van der Waals surface area contributed by atoms with Gasteiger partial charge in [-0.2, -0.15) is 0 Å². The van der Waals surface area contributed by atoms with Crippen molar-refractivity contribution < 1.29 is 0 Å². The molecule has 0 saturated carbocycles. The van der Waals surface area contributed by atoms with E-state index in [1.54, 1.807) is 0 Å². The third-order valence-electron chi connectivity index (χ3n) is 3.61. The first kappa shape index (κ1) is 13.1. The van der Waals surface area contributed by atoms with E-state index in [1.165, 1.54) is 11.1 Å². The molecular weight excluding hydrogens is 268 g/mol. The number of fused-ring (bicyclic) bond motifs is 1. The molecule has 0 radical (unpaired) electrons. The van der Waals surface area contributed by atoms with Crippen LogP contribution in [0.2, 0.25) is 0 Å². The number of nitrogens with one attached hydrogen (secondary N) is 2. The lowest BCUT2D eigenvalue weighted by molar-refractivity contribution is 0.452. The first-order valence-corrected chi connectivity index (χ1v) is 7.34. The molecule has 104 valence electrons. The third-order valence-corrected chi connectivity index (χ3v) is 4.01. The molecule has 0 atom stereocenters. The van der Waals surface area contributed by atoms with Crippen LogP contribution >= 0.6 is 12.2 Å². The fourth-order valence-electron chi connectivity index (χ4n) is 2.56. The molecule has 2 aromatic rings. The lowest BCUT2D eigenvalue weighted by atomic mass is 10.0. The van der Waals surface area contributed by atoms with Crippen molar-refractivity contribution in [2.75, 3.05) is 19.6 Å². The molecule has 0 aliphatic carbocycles. The number of hydrogen-bond acceptors (Lipinski definition) is 2. The average molecular weight is 286 g/mol. The molecule has 0 unspecified atom stereocenters. The molecule has 2 N–H and O–H groups in total. The Kier molecular flexibility index (Phi) is 3.69. The molecule has 5 heteroatoms. The molecular formula is C15H18N4S. The van der Waals surface area contributed by atoms with Crippen LogP contribution in [0.3, 0.4) is 0 Å². The number of thiocarbonyl (C=S) groups is 1. The van der Waals surface area contributed by atoms with Crippen LogP contribution in [-0.2, 0) is 0 Å². The van der Waals surface area contributed by atoms with E-state index in [0.717, 1.165) is 42.2 Å². The van der Waals surface area contributed by atoms with Gasteiger partial charge in [-0.25, -0.2) is 0 Å². The summed E-state index contributed by atoms with van der Waals surface area (Å²) in [5.41, 5.74) is 4.72. The van der Waals surface area contributed by atoms with Crippen LogP contribution in [0.4, 0.5) is 0 Å². The summed E-state index contributed by atoms with van der Waals surface area (Å²) in [4.78, 5) is 9.96. The van der Waals surface area contributed by atoms with Gasteiger partial charge in [-0.3, -0.25) is 4.98 Å².